The van der Waals surface area contributed by atoms with Crippen molar-refractivity contribution in [1.29, 1.82) is 0 Å². The van der Waals surface area contributed by atoms with Crippen LogP contribution in [0.3, 0.4) is 0 Å². The SMILES string of the molecule is Cc1noc(C)c1CNc1ccccc1-n1cncn1. The standard InChI is InChI=1S/C14H15N5O/c1-10-12(11(2)20-18-10)7-16-13-5-3-4-6-14(13)19-9-15-8-17-19/h3-6,8-9,16H,7H2,1-2H3. The first-order chi connectivity index (χ1) is 9.75. The number of aromatic nitrogens is 4. The zero-order valence-corrected chi connectivity index (χ0v) is 11.4. The van der Waals surface area contributed by atoms with Gasteiger partial charge in [0.25, 0.3) is 0 Å². The van der Waals surface area contributed by atoms with E-state index < -0.39 is 0 Å². The lowest BCUT2D eigenvalue weighted by molar-refractivity contribution is 0.392. The topological polar surface area (TPSA) is 68.8 Å². The van der Waals surface area contributed by atoms with E-state index in [1.54, 1.807) is 11.0 Å². The molecule has 6 heteroatoms. The summed E-state index contributed by atoms with van der Waals surface area (Å²) in [4.78, 5) is 3.98. The van der Waals surface area contributed by atoms with E-state index in [1.165, 1.54) is 6.33 Å². The van der Waals surface area contributed by atoms with Crippen LogP contribution >= 0.6 is 0 Å². The molecular weight excluding hydrogens is 254 g/mol. The van der Waals surface area contributed by atoms with Crippen LogP contribution in [0.4, 0.5) is 5.69 Å². The number of hydrogen-bond donors (Lipinski definition) is 1. The zero-order valence-electron chi connectivity index (χ0n) is 11.4. The largest absolute Gasteiger partial charge is 0.379 e. The Morgan fingerprint density at radius 3 is 2.80 bits per heavy atom. The van der Waals surface area contributed by atoms with Crippen LogP contribution in [0.15, 0.2) is 41.4 Å². The average Bonchev–Trinajstić information content (AvgIpc) is 3.09. The molecule has 2 heterocycles. The summed E-state index contributed by atoms with van der Waals surface area (Å²) in [7, 11) is 0. The fourth-order valence-corrected chi connectivity index (χ4v) is 2.09. The smallest absolute Gasteiger partial charge is 0.138 e. The molecule has 0 unspecified atom stereocenters. The normalized spacial score (nSPS) is 10.7. The van der Waals surface area contributed by atoms with Gasteiger partial charge in [-0.25, -0.2) is 9.67 Å². The molecule has 102 valence electrons. The van der Waals surface area contributed by atoms with E-state index in [1.807, 2.05) is 38.1 Å². The van der Waals surface area contributed by atoms with Crippen molar-refractivity contribution in [2.75, 3.05) is 5.32 Å². The van der Waals surface area contributed by atoms with Crippen LogP contribution in [0, 0.1) is 13.8 Å². The van der Waals surface area contributed by atoms with Crippen molar-refractivity contribution in [2.45, 2.75) is 20.4 Å². The number of hydrogen-bond acceptors (Lipinski definition) is 5. The third kappa shape index (κ3) is 2.27. The molecule has 0 bridgehead atoms. The maximum atomic E-state index is 5.17. The fourth-order valence-electron chi connectivity index (χ4n) is 2.09. The molecule has 0 aliphatic rings. The lowest BCUT2D eigenvalue weighted by atomic mass is 10.2. The van der Waals surface area contributed by atoms with Crippen LogP contribution in [0.5, 0.6) is 0 Å². The fraction of sp³-hybridized carbons (Fsp3) is 0.214. The van der Waals surface area contributed by atoms with Gasteiger partial charge in [0.05, 0.1) is 17.1 Å². The van der Waals surface area contributed by atoms with Gasteiger partial charge < -0.3 is 9.84 Å². The van der Waals surface area contributed by atoms with Crippen LogP contribution in [0.25, 0.3) is 5.69 Å². The Morgan fingerprint density at radius 2 is 2.10 bits per heavy atom. The monoisotopic (exact) mass is 269 g/mol. The molecular formula is C14H15N5O. The molecule has 1 aromatic carbocycles. The van der Waals surface area contributed by atoms with Crippen molar-refractivity contribution in [1.82, 2.24) is 19.9 Å². The molecule has 3 aromatic rings. The van der Waals surface area contributed by atoms with Crippen molar-refractivity contribution >= 4 is 5.69 Å². The van der Waals surface area contributed by atoms with Crippen LogP contribution in [0.1, 0.15) is 17.0 Å². The van der Waals surface area contributed by atoms with E-state index >= 15 is 0 Å². The molecule has 20 heavy (non-hydrogen) atoms. The van der Waals surface area contributed by atoms with Gasteiger partial charge in [-0.2, -0.15) is 5.10 Å². The predicted octanol–water partition coefficient (Wildman–Crippen LogP) is 2.48. The second kappa shape index (κ2) is 5.16. The molecule has 0 amide bonds. The van der Waals surface area contributed by atoms with E-state index in [2.05, 4.69) is 20.6 Å². The summed E-state index contributed by atoms with van der Waals surface area (Å²) < 4.78 is 6.90. The third-order valence-electron chi connectivity index (χ3n) is 3.21. The highest BCUT2D eigenvalue weighted by atomic mass is 16.5. The number of anilines is 1. The second-order valence-corrected chi connectivity index (χ2v) is 4.51. The highest BCUT2D eigenvalue weighted by Crippen LogP contribution is 2.21. The molecule has 0 spiro atoms. The number of rotatable bonds is 4. The number of nitrogens with zero attached hydrogens (tertiary/aromatic N) is 4. The molecule has 1 N–H and O–H groups in total. The molecule has 0 aliphatic carbocycles. The molecule has 2 aromatic heterocycles. The van der Waals surface area contributed by atoms with Gasteiger partial charge in [0.2, 0.25) is 0 Å². The average molecular weight is 269 g/mol. The highest BCUT2D eigenvalue weighted by molar-refractivity contribution is 5.60. The maximum Gasteiger partial charge on any atom is 0.138 e. The van der Waals surface area contributed by atoms with Gasteiger partial charge >= 0.3 is 0 Å². The molecule has 6 nitrogen and oxygen atoms in total. The van der Waals surface area contributed by atoms with Gasteiger partial charge in [0.1, 0.15) is 18.4 Å². The molecule has 0 aliphatic heterocycles. The lowest BCUT2D eigenvalue weighted by Gasteiger charge is -2.11. The third-order valence-corrected chi connectivity index (χ3v) is 3.21. The second-order valence-electron chi connectivity index (χ2n) is 4.51. The summed E-state index contributed by atoms with van der Waals surface area (Å²) in [6, 6.07) is 7.95. The minimum absolute atomic E-state index is 0.660. The first kappa shape index (κ1) is 12.4. The summed E-state index contributed by atoms with van der Waals surface area (Å²) >= 11 is 0. The van der Waals surface area contributed by atoms with Crippen LogP contribution < -0.4 is 5.32 Å². The maximum absolute atomic E-state index is 5.17. The van der Waals surface area contributed by atoms with E-state index in [4.69, 9.17) is 4.52 Å². The molecule has 0 saturated carbocycles. The van der Waals surface area contributed by atoms with Crippen molar-refractivity contribution in [2.24, 2.45) is 0 Å². The Kier molecular flexibility index (Phi) is 3.20. The minimum atomic E-state index is 0.660. The van der Waals surface area contributed by atoms with Crippen LogP contribution in [0.2, 0.25) is 0 Å². The molecule has 0 saturated heterocycles. The summed E-state index contributed by atoms with van der Waals surface area (Å²) in [5.74, 6) is 0.841. The van der Waals surface area contributed by atoms with Gasteiger partial charge in [0, 0.05) is 12.1 Å². The van der Waals surface area contributed by atoms with Gasteiger partial charge in [0.15, 0.2) is 0 Å². The number of aryl methyl sites for hydroxylation is 2. The molecule has 0 radical (unpaired) electrons. The summed E-state index contributed by atoms with van der Waals surface area (Å²) in [6.45, 7) is 4.52. The van der Waals surface area contributed by atoms with Crippen LogP contribution in [-0.2, 0) is 6.54 Å². The summed E-state index contributed by atoms with van der Waals surface area (Å²) in [5, 5.41) is 11.5. The quantitative estimate of drug-likeness (QED) is 0.788. The number of benzene rings is 1. The first-order valence-corrected chi connectivity index (χ1v) is 6.35. The van der Waals surface area contributed by atoms with Gasteiger partial charge in [-0.05, 0) is 26.0 Å². The van der Waals surface area contributed by atoms with Crippen molar-refractivity contribution in [3.63, 3.8) is 0 Å². The van der Waals surface area contributed by atoms with Crippen molar-refractivity contribution in [3.05, 3.63) is 53.9 Å². The van der Waals surface area contributed by atoms with Gasteiger partial charge in [-0.1, -0.05) is 17.3 Å². The minimum Gasteiger partial charge on any atom is -0.379 e. The molecule has 0 atom stereocenters. The number of para-hydroxylation sites is 2. The lowest BCUT2D eigenvalue weighted by Crippen LogP contribution is -2.05. The summed E-state index contributed by atoms with van der Waals surface area (Å²) in [5.41, 5.74) is 3.93. The molecule has 0 fully saturated rings. The first-order valence-electron chi connectivity index (χ1n) is 6.35. The Morgan fingerprint density at radius 1 is 1.25 bits per heavy atom. The zero-order chi connectivity index (χ0) is 13.9. The van der Waals surface area contributed by atoms with Crippen molar-refractivity contribution < 1.29 is 4.52 Å². The highest BCUT2D eigenvalue weighted by Gasteiger charge is 2.10. The Balaban J connectivity index is 1.85. The Labute approximate surface area is 116 Å². The number of nitrogens with one attached hydrogen (secondary N) is 1. The van der Waals surface area contributed by atoms with E-state index in [-0.39, 0.29) is 0 Å². The Bertz CT molecular complexity index is 683. The summed E-state index contributed by atoms with van der Waals surface area (Å²) in [6.07, 6.45) is 3.20. The Hall–Kier alpha value is -2.63. The predicted molar refractivity (Wildman–Crippen MR) is 74.7 cm³/mol. The van der Waals surface area contributed by atoms with Crippen LogP contribution in [-0.4, -0.2) is 19.9 Å². The van der Waals surface area contributed by atoms with E-state index in [0.717, 1.165) is 28.4 Å². The van der Waals surface area contributed by atoms with Gasteiger partial charge in [-0.3, -0.25) is 0 Å². The van der Waals surface area contributed by atoms with Gasteiger partial charge in [-0.15, -0.1) is 0 Å². The van der Waals surface area contributed by atoms with E-state index in [0.29, 0.717) is 6.54 Å². The van der Waals surface area contributed by atoms with E-state index in [9.17, 15) is 0 Å². The molecule has 3 rings (SSSR count). The van der Waals surface area contributed by atoms with Crippen molar-refractivity contribution in [3.8, 4) is 5.69 Å².